The van der Waals surface area contributed by atoms with Crippen LogP contribution in [-0.2, 0) is 4.79 Å². The first-order valence-corrected chi connectivity index (χ1v) is 9.36. The van der Waals surface area contributed by atoms with Gasteiger partial charge in [-0.05, 0) is 44.0 Å². The van der Waals surface area contributed by atoms with Gasteiger partial charge in [0, 0.05) is 38.3 Å². The smallest absolute Gasteiger partial charge is 0.251 e. The summed E-state index contributed by atoms with van der Waals surface area (Å²) >= 11 is 0. The van der Waals surface area contributed by atoms with Crippen molar-refractivity contribution < 1.29 is 14.3 Å². The highest BCUT2D eigenvalue weighted by Crippen LogP contribution is 2.11. The van der Waals surface area contributed by atoms with Crippen LogP contribution >= 0.6 is 24.0 Å². The highest BCUT2D eigenvalue weighted by atomic mass is 127. The summed E-state index contributed by atoms with van der Waals surface area (Å²) in [6.45, 7) is 5.40. The van der Waals surface area contributed by atoms with Crippen molar-refractivity contribution in [3.05, 3.63) is 29.8 Å². The summed E-state index contributed by atoms with van der Waals surface area (Å²) in [4.78, 5) is 30.4. The predicted molar refractivity (Wildman–Crippen MR) is 121 cm³/mol. The van der Waals surface area contributed by atoms with Crippen molar-refractivity contribution in [2.75, 3.05) is 46.4 Å². The van der Waals surface area contributed by atoms with Crippen molar-refractivity contribution >= 4 is 41.8 Å². The number of ether oxygens (including phenoxy) is 1. The molecule has 9 heteroatoms. The van der Waals surface area contributed by atoms with E-state index in [2.05, 4.69) is 20.9 Å². The third-order valence-electron chi connectivity index (χ3n) is 4.23. The van der Waals surface area contributed by atoms with Crippen LogP contribution in [0.4, 0.5) is 0 Å². The second-order valence-corrected chi connectivity index (χ2v) is 6.19. The van der Waals surface area contributed by atoms with Crippen molar-refractivity contribution in [3.63, 3.8) is 0 Å². The van der Waals surface area contributed by atoms with Gasteiger partial charge in [-0.15, -0.1) is 24.0 Å². The number of likely N-dealkylation sites (tertiary alicyclic amines) is 1. The fraction of sp³-hybridized carbons (Fsp3) is 0.526. The highest BCUT2D eigenvalue weighted by molar-refractivity contribution is 14.0. The Labute approximate surface area is 183 Å². The molecule has 0 aromatic heterocycles. The topological polar surface area (TPSA) is 95.1 Å². The molecular formula is C19H30IN5O3. The molecule has 3 N–H and O–H groups in total. The summed E-state index contributed by atoms with van der Waals surface area (Å²) in [5.41, 5.74) is 0.576. The van der Waals surface area contributed by atoms with Gasteiger partial charge in [0.15, 0.2) is 5.96 Å². The van der Waals surface area contributed by atoms with Crippen molar-refractivity contribution in [3.8, 4) is 5.75 Å². The van der Waals surface area contributed by atoms with Crippen LogP contribution in [0.25, 0.3) is 0 Å². The zero-order valence-corrected chi connectivity index (χ0v) is 18.8. The van der Waals surface area contributed by atoms with E-state index < -0.39 is 0 Å². The second-order valence-electron chi connectivity index (χ2n) is 6.19. The number of amides is 2. The molecule has 0 bridgehead atoms. The molecule has 1 heterocycles. The number of aliphatic imine (C=N–C) groups is 1. The first-order valence-electron chi connectivity index (χ1n) is 9.36. The maximum absolute atomic E-state index is 12.1. The number of rotatable bonds is 8. The zero-order chi connectivity index (χ0) is 19.5. The lowest BCUT2D eigenvalue weighted by Crippen LogP contribution is -2.42. The normalized spacial score (nSPS) is 13.5. The van der Waals surface area contributed by atoms with E-state index in [9.17, 15) is 9.59 Å². The van der Waals surface area contributed by atoms with E-state index in [1.165, 1.54) is 0 Å². The van der Waals surface area contributed by atoms with Gasteiger partial charge < -0.3 is 25.6 Å². The molecule has 8 nitrogen and oxygen atoms in total. The van der Waals surface area contributed by atoms with Crippen LogP contribution in [0.2, 0.25) is 0 Å². The Bertz CT molecular complexity index is 645. The molecular weight excluding hydrogens is 473 g/mol. The molecule has 1 aromatic rings. The lowest BCUT2D eigenvalue weighted by atomic mass is 10.2. The van der Waals surface area contributed by atoms with Gasteiger partial charge in [0.05, 0.1) is 7.11 Å². The molecule has 28 heavy (non-hydrogen) atoms. The van der Waals surface area contributed by atoms with Gasteiger partial charge in [-0.25, -0.2) is 4.99 Å². The van der Waals surface area contributed by atoms with Crippen LogP contribution in [0.3, 0.4) is 0 Å². The number of halogens is 1. The molecule has 156 valence electrons. The third kappa shape index (κ3) is 7.91. The Morgan fingerprint density at radius 2 is 1.71 bits per heavy atom. The number of carbonyl (C=O) groups excluding carboxylic acids is 2. The minimum Gasteiger partial charge on any atom is -0.497 e. The van der Waals surface area contributed by atoms with E-state index in [4.69, 9.17) is 4.74 Å². The molecule has 0 unspecified atom stereocenters. The van der Waals surface area contributed by atoms with Crippen LogP contribution in [0.5, 0.6) is 5.75 Å². The summed E-state index contributed by atoms with van der Waals surface area (Å²) in [5, 5.41) is 9.07. The fourth-order valence-corrected chi connectivity index (χ4v) is 2.76. The average Bonchev–Trinajstić information content (AvgIpc) is 3.24. The number of methoxy groups -OCH3 is 1. The zero-order valence-electron chi connectivity index (χ0n) is 16.5. The fourth-order valence-electron chi connectivity index (χ4n) is 2.76. The summed E-state index contributed by atoms with van der Waals surface area (Å²) in [5.74, 6) is 1.19. The maximum Gasteiger partial charge on any atom is 0.251 e. The molecule has 2 amide bonds. The van der Waals surface area contributed by atoms with Crippen molar-refractivity contribution in [1.29, 1.82) is 0 Å². The number of hydrogen-bond acceptors (Lipinski definition) is 4. The van der Waals surface area contributed by atoms with Gasteiger partial charge in [-0.2, -0.15) is 0 Å². The molecule has 1 aliphatic heterocycles. The quantitative estimate of drug-likeness (QED) is 0.215. The Morgan fingerprint density at radius 1 is 1.07 bits per heavy atom. The number of guanidine groups is 1. The van der Waals surface area contributed by atoms with Gasteiger partial charge in [0.25, 0.3) is 5.91 Å². The summed E-state index contributed by atoms with van der Waals surface area (Å²) in [6, 6.07) is 6.94. The Morgan fingerprint density at radius 3 is 2.32 bits per heavy atom. The first-order chi connectivity index (χ1) is 13.1. The number of nitrogens with zero attached hydrogens (tertiary/aromatic N) is 2. The Hall–Kier alpha value is -2.04. The molecule has 0 saturated carbocycles. The predicted octanol–water partition coefficient (Wildman–Crippen LogP) is 1.22. The lowest BCUT2D eigenvalue weighted by molar-refractivity contribution is -0.128. The third-order valence-corrected chi connectivity index (χ3v) is 4.23. The molecule has 2 rings (SSSR count). The SMILES string of the molecule is CCNC(=NCC(=O)N1CCCC1)NCCNC(=O)c1ccc(OC)cc1.I. The standard InChI is InChI=1S/C19H29N5O3.HI/c1-3-20-19(23-14-17(25)24-12-4-5-13-24)22-11-10-21-18(26)15-6-8-16(27-2)9-7-15;/h6-9H,3-5,10-14H2,1-2H3,(H,21,26)(H2,20,22,23);1H. The van der Waals surface area contributed by atoms with Crippen LogP contribution in [0.15, 0.2) is 29.3 Å². The van der Waals surface area contributed by atoms with Gasteiger partial charge in [0.2, 0.25) is 5.91 Å². The van der Waals surface area contributed by atoms with Crippen molar-refractivity contribution in [2.45, 2.75) is 19.8 Å². The monoisotopic (exact) mass is 503 g/mol. The van der Waals surface area contributed by atoms with Crippen LogP contribution in [0.1, 0.15) is 30.1 Å². The van der Waals surface area contributed by atoms with E-state index in [1.807, 2.05) is 11.8 Å². The van der Waals surface area contributed by atoms with Gasteiger partial charge in [0.1, 0.15) is 12.3 Å². The van der Waals surface area contributed by atoms with E-state index >= 15 is 0 Å². The number of carbonyl (C=O) groups is 2. The molecule has 0 spiro atoms. The lowest BCUT2D eigenvalue weighted by Gasteiger charge is -2.15. The highest BCUT2D eigenvalue weighted by Gasteiger charge is 2.17. The first kappa shape index (κ1) is 24.0. The molecule has 0 atom stereocenters. The van der Waals surface area contributed by atoms with Crippen LogP contribution < -0.4 is 20.7 Å². The molecule has 1 fully saturated rings. The van der Waals surface area contributed by atoms with Crippen molar-refractivity contribution in [2.24, 2.45) is 4.99 Å². The average molecular weight is 503 g/mol. The van der Waals surface area contributed by atoms with Crippen molar-refractivity contribution in [1.82, 2.24) is 20.9 Å². The van der Waals surface area contributed by atoms with Crippen LogP contribution in [-0.4, -0.2) is 69.1 Å². The van der Waals surface area contributed by atoms with E-state index in [0.717, 1.165) is 25.9 Å². The van der Waals surface area contributed by atoms with E-state index in [-0.39, 0.29) is 42.3 Å². The Balaban J connectivity index is 0.00000392. The summed E-state index contributed by atoms with van der Waals surface area (Å²) in [6.07, 6.45) is 2.14. The molecule has 0 aliphatic carbocycles. The summed E-state index contributed by atoms with van der Waals surface area (Å²) < 4.78 is 5.08. The summed E-state index contributed by atoms with van der Waals surface area (Å²) in [7, 11) is 1.59. The number of nitrogens with one attached hydrogen (secondary N) is 3. The number of benzene rings is 1. The van der Waals surface area contributed by atoms with E-state index in [1.54, 1.807) is 31.4 Å². The minimum atomic E-state index is -0.148. The number of hydrogen-bond donors (Lipinski definition) is 3. The van der Waals surface area contributed by atoms with Gasteiger partial charge in [-0.1, -0.05) is 0 Å². The molecule has 1 aliphatic rings. The minimum absolute atomic E-state index is 0. The van der Waals surface area contributed by atoms with Gasteiger partial charge >= 0.3 is 0 Å². The van der Waals surface area contributed by atoms with E-state index in [0.29, 0.717) is 36.9 Å². The molecule has 1 saturated heterocycles. The molecule has 0 radical (unpaired) electrons. The van der Waals surface area contributed by atoms with Crippen LogP contribution in [0, 0.1) is 0 Å². The van der Waals surface area contributed by atoms with Gasteiger partial charge in [-0.3, -0.25) is 9.59 Å². The Kier molecular flexibility index (Phi) is 11.3. The largest absolute Gasteiger partial charge is 0.497 e. The molecule has 1 aromatic carbocycles. The second kappa shape index (κ2) is 13.2. The maximum atomic E-state index is 12.1.